The van der Waals surface area contributed by atoms with Gasteiger partial charge < -0.3 is 19.4 Å². The van der Waals surface area contributed by atoms with E-state index >= 15 is 4.39 Å². The molecule has 7 nitrogen and oxygen atoms in total. The summed E-state index contributed by atoms with van der Waals surface area (Å²) in [6.45, 7) is 8.42. The summed E-state index contributed by atoms with van der Waals surface area (Å²) in [4.78, 5) is 26.8. The number of hydrogen-bond acceptors (Lipinski definition) is 5. The zero-order chi connectivity index (χ0) is 27.0. The molecule has 4 heterocycles. The van der Waals surface area contributed by atoms with Crippen molar-refractivity contribution < 1.29 is 18.7 Å². The summed E-state index contributed by atoms with van der Waals surface area (Å²) >= 11 is 6.27. The van der Waals surface area contributed by atoms with Crippen LogP contribution in [0.2, 0.25) is 5.02 Å². The molecule has 0 spiro atoms. The molecule has 1 aliphatic heterocycles. The van der Waals surface area contributed by atoms with Gasteiger partial charge in [0.2, 0.25) is 0 Å². The van der Waals surface area contributed by atoms with Crippen LogP contribution in [0.5, 0.6) is 5.75 Å². The van der Waals surface area contributed by atoms with Gasteiger partial charge in [-0.25, -0.2) is 9.18 Å². The third kappa shape index (κ3) is 5.18. The number of nitrogens with zero attached hydrogens (tertiary/aromatic N) is 3. The predicted octanol–water partition coefficient (Wildman–Crippen LogP) is 7.17. The normalized spacial score (nSPS) is 15.7. The lowest BCUT2D eigenvalue weighted by Gasteiger charge is -2.28. The molecule has 5 rings (SSSR count). The van der Waals surface area contributed by atoms with E-state index in [0.29, 0.717) is 45.2 Å². The SMILES string of the molecule is Cc1ccnc2c(-c3cc(Cl)ccc3F)c(-c3ccncc3OC[C@@H]3CCCN3C(=O)OC(C)(C)C)[nH]c12. The van der Waals surface area contributed by atoms with E-state index in [1.54, 1.807) is 29.6 Å². The van der Waals surface area contributed by atoms with Gasteiger partial charge in [-0.3, -0.25) is 9.97 Å². The number of hydrogen-bond donors (Lipinski definition) is 1. The number of aromatic nitrogens is 3. The number of carbonyl (C=O) groups excluding carboxylic acids is 1. The van der Waals surface area contributed by atoms with Gasteiger partial charge in [0.15, 0.2) is 0 Å². The second-order valence-electron chi connectivity index (χ2n) is 10.5. The monoisotopic (exact) mass is 536 g/mol. The van der Waals surface area contributed by atoms with Crippen molar-refractivity contribution >= 4 is 28.7 Å². The highest BCUT2D eigenvalue weighted by molar-refractivity contribution is 6.31. The fourth-order valence-corrected chi connectivity index (χ4v) is 4.99. The number of halogens is 2. The lowest BCUT2D eigenvalue weighted by atomic mass is 9.99. The number of amides is 1. The number of rotatable bonds is 5. The zero-order valence-corrected chi connectivity index (χ0v) is 22.6. The molecule has 1 aromatic carbocycles. The summed E-state index contributed by atoms with van der Waals surface area (Å²) in [6, 6.07) is 8.07. The molecule has 1 N–H and O–H groups in total. The number of benzene rings is 1. The molecule has 1 saturated heterocycles. The number of fused-ring (bicyclic) bond motifs is 1. The summed E-state index contributed by atoms with van der Waals surface area (Å²) < 4.78 is 27.0. The fourth-order valence-electron chi connectivity index (χ4n) is 4.82. The molecule has 1 amide bonds. The van der Waals surface area contributed by atoms with Gasteiger partial charge in [0.25, 0.3) is 0 Å². The maximum atomic E-state index is 15.2. The lowest BCUT2D eigenvalue weighted by Crippen LogP contribution is -2.42. The van der Waals surface area contributed by atoms with Gasteiger partial charge in [-0.1, -0.05) is 11.6 Å². The number of aromatic amines is 1. The van der Waals surface area contributed by atoms with Crippen molar-refractivity contribution in [3.8, 4) is 28.1 Å². The summed E-state index contributed by atoms with van der Waals surface area (Å²) in [5, 5.41) is 0.420. The molecule has 0 bridgehead atoms. The van der Waals surface area contributed by atoms with Crippen LogP contribution in [0.3, 0.4) is 0 Å². The van der Waals surface area contributed by atoms with E-state index in [-0.39, 0.29) is 18.7 Å². The third-order valence-electron chi connectivity index (χ3n) is 6.58. The van der Waals surface area contributed by atoms with E-state index in [1.165, 1.54) is 12.1 Å². The van der Waals surface area contributed by atoms with Crippen LogP contribution >= 0.6 is 11.6 Å². The molecule has 0 saturated carbocycles. The van der Waals surface area contributed by atoms with Gasteiger partial charge >= 0.3 is 6.09 Å². The molecule has 1 aliphatic rings. The Morgan fingerprint density at radius 1 is 1.21 bits per heavy atom. The first-order valence-corrected chi connectivity index (χ1v) is 13.0. The van der Waals surface area contributed by atoms with E-state index in [4.69, 9.17) is 21.1 Å². The molecule has 9 heteroatoms. The first kappa shape index (κ1) is 26.0. The van der Waals surface area contributed by atoms with E-state index in [1.807, 2.05) is 39.8 Å². The molecule has 38 heavy (non-hydrogen) atoms. The number of nitrogens with one attached hydrogen (secondary N) is 1. The topological polar surface area (TPSA) is 80.3 Å². The number of carbonyl (C=O) groups is 1. The van der Waals surface area contributed by atoms with Crippen LogP contribution in [0.4, 0.5) is 9.18 Å². The fraction of sp³-hybridized carbons (Fsp3) is 0.345. The summed E-state index contributed by atoms with van der Waals surface area (Å²) in [5.74, 6) is 0.103. The van der Waals surface area contributed by atoms with Gasteiger partial charge in [-0.2, -0.15) is 0 Å². The standard InChI is InChI=1S/C29H30ClFN4O3/c1-17-9-12-33-27-24(21-14-18(30)7-8-22(21)31)26(34-25(17)27)20-10-11-32-15-23(20)37-16-19-6-5-13-35(19)28(36)38-29(2,3)4/h7-12,14-15,19,34H,5-6,13,16H2,1-4H3/t19-/m0/s1. The molecule has 3 aromatic heterocycles. The second kappa shape index (κ2) is 10.3. The Kier molecular flexibility index (Phi) is 7.01. The molecule has 1 atom stereocenters. The van der Waals surface area contributed by atoms with Crippen molar-refractivity contribution in [2.45, 2.75) is 52.2 Å². The molecular weight excluding hydrogens is 507 g/mol. The molecule has 0 aliphatic carbocycles. The third-order valence-corrected chi connectivity index (χ3v) is 6.82. The minimum absolute atomic E-state index is 0.130. The Balaban J connectivity index is 1.52. The van der Waals surface area contributed by atoms with E-state index in [2.05, 4.69) is 15.0 Å². The van der Waals surface area contributed by atoms with Gasteiger partial charge in [-0.05, 0) is 76.4 Å². The molecule has 1 fully saturated rings. The molecular formula is C29H30ClFN4O3. The van der Waals surface area contributed by atoms with Crippen LogP contribution in [0.15, 0.2) is 48.9 Å². The summed E-state index contributed by atoms with van der Waals surface area (Å²) in [6.07, 6.45) is 6.34. The highest BCUT2D eigenvalue weighted by Crippen LogP contribution is 2.42. The smallest absolute Gasteiger partial charge is 0.410 e. The van der Waals surface area contributed by atoms with Gasteiger partial charge in [0.1, 0.15) is 23.8 Å². The molecule has 4 aromatic rings. The van der Waals surface area contributed by atoms with Gasteiger partial charge in [-0.15, -0.1) is 0 Å². The Labute approximate surface area is 226 Å². The van der Waals surface area contributed by atoms with Crippen LogP contribution < -0.4 is 4.74 Å². The number of aryl methyl sites for hydroxylation is 1. The van der Waals surface area contributed by atoms with Crippen LogP contribution in [0.1, 0.15) is 39.2 Å². The molecule has 0 unspecified atom stereocenters. The minimum Gasteiger partial charge on any atom is -0.489 e. The van der Waals surface area contributed by atoms with E-state index in [9.17, 15) is 4.79 Å². The summed E-state index contributed by atoms with van der Waals surface area (Å²) in [5.41, 5.74) is 4.12. The first-order valence-electron chi connectivity index (χ1n) is 12.6. The lowest BCUT2D eigenvalue weighted by molar-refractivity contribution is 0.0187. The van der Waals surface area contributed by atoms with E-state index in [0.717, 1.165) is 23.9 Å². The Morgan fingerprint density at radius 2 is 2.03 bits per heavy atom. The van der Waals surface area contributed by atoms with Crippen molar-refractivity contribution in [2.75, 3.05) is 13.2 Å². The maximum Gasteiger partial charge on any atom is 0.410 e. The Morgan fingerprint density at radius 3 is 2.82 bits per heavy atom. The highest BCUT2D eigenvalue weighted by atomic mass is 35.5. The van der Waals surface area contributed by atoms with Crippen LogP contribution in [-0.4, -0.2) is 50.7 Å². The predicted molar refractivity (Wildman–Crippen MR) is 146 cm³/mol. The summed E-state index contributed by atoms with van der Waals surface area (Å²) in [7, 11) is 0. The number of likely N-dealkylation sites (tertiary alicyclic amines) is 1. The van der Waals surface area contributed by atoms with Crippen molar-refractivity contribution in [3.05, 3.63) is 65.3 Å². The number of H-pyrrole nitrogens is 1. The van der Waals surface area contributed by atoms with Crippen LogP contribution in [-0.2, 0) is 4.74 Å². The second-order valence-corrected chi connectivity index (χ2v) is 10.9. The van der Waals surface area contributed by atoms with Crippen molar-refractivity contribution in [1.29, 1.82) is 0 Å². The largest absolute Gasteiger partial charge is 0.489 e. The highest BCUT2D eigenvalue weighted by Gasteiger charge is 2.33. The van der Waals surface area contributed by atoms with Crippen molar-refractivity contribution in [1.82, 2.24) is 19.9 Å². The molecule has 0 radical (unpaired) electrons. The van der Waals surface area contributed by atoms with E-state index < -0.39 is 11.4 Å². The number of ether oxygens (including phenoxy) is 2. The number of pyridine rings is 2. The quantitative estimate of drug-likeness (QED) is 0.292. The van der Waals surface area contributed by atoms with Crippen molar-refractivity contribution in [3.63, 3.8) is 0 Å². The van der Waals surface area contributed by atoms with Crippen LogP contribution in [0.25, 0.3) is 33.4 Å². The Hall–Kier alpha value is -3.65. The first-order chi connectivity index (χ1) is 18.1. The van der Waals surface area contributed by atoms with Crippen molar-refractivity contribution in [2.24, 2.45) is 0 Å². The maximum absolute atomic E-state index is 15.2. The average Bonchev–Trinajstić information content (AvgIpc) is 3.49. The average molecular weight is 537 g/mol. The molecule has 198 valence electrons. The minimum atomic E-state index is -0.574. The van der Waals surface area contributed by atoms with Gasteiger partial charge in [0, 0.05) is 40.7 Å². The zero-order valence-electron chi connectivity index (χ0n) is 21.8. The van der Waals surface area contributed by atoms with Gasteiger partial charge in [0.05, 0.1) is 29.0 Å². The Bertz CT molecular complexity index is 1500. The van der Waals surface area contributed by atoms with Crippen LogP contribution in [0, 0.1) is 12.7 Å².